The van der Waals surface area contributed by atoms with Gasteiger partial charge in [-0.05, 0) is 61.9 Å². The lowest BCUT2D eigenvalue weighted by Gasteiger charge is -2.32. The number of fused-ring (bicyclic) bond motifs is 2. The van der Waals surface area contributed by atoms with Crippen LogP contribution in [0.2, 0.25) is 0 Å². The maximum absolute atomic E-state index is 13.2. The maximum Gasteiger partial charge on any atom is 0.252 e. The molecule has 0 spiro atoms. The molecule has 0 radical (unpaired) electrons. The van der Waals surface area contributed by atoms with E-state index in [0.717, 1.165) is 29.8 Å². The number of rotatable bonds is 8. The fourth-order valence-corrected chi connectivity index (χ4v) is 4.63. The van der Waals surface area contributed by atoms with Crippen molar-refractivity contribution in [2.45, 2.75) is 65.2 Å². The average molecular weight is 493 g/mol. The van der Waals surface area contributed by atoms with E-state index in [1.54, 1.807) is 6.26 Å². The Balaban J connectivity index is 1.55. The Morgan fingerprint density at radius 2 is 1.92 bits per heavy atom. The number of aromatic amines is 1. The van der Waals surface area contributed by atoms with Gasteiger partial charge in [0.15, 0.2) is 17.3 Å². The molecule has 36 heavy (non-hydrogen) atoms. The number of pyridine rings is 1. The first-order chi connectivity index (χ1) is 17.3. The second-order valence-electron chi connectivity index (χ2n) is 10.1. The molecular formula is C26H32N6O4. The highest BCUT2D eigenvalue weighted by Gasteiger charge is 2.31. The van der Waals surface area contributed by atoms with Gasteiger partial charge in [0.1, 0.15) is 19.0 Å². The van der Waals surface area contributed by atoms with E-state index in [2.05, 4.69) is 53.1 Å². The summed E-state index contributed by atoms with van der Waals surface area (Å²) < 4.78 is 19.0. The van der Waals surface area contributed by atoms with Gasteiger partial charge in [-0.1, -0.05) is 13.3 Å². The Hall–Kier alpha value is -3.66. The molecular weight excluding hydrogens is 460 g/mol. The van der Waals surface area contributed by atoms with Gasteiger partial charge in [-0.3, -0.25) is 9.69 Å². The SMILES string of the molecule is CCC[C@H](c1nnnn1C(C)(C)C)N(Cc1ccco1)Cc1cc2cc3c(cc2[nH]c1=O)OCCO3. The van der Waals surface area contributed by atoms with Crippen molar-refractivity contribution in [2.24, 2.45) is 0 Å². The molecule has 1 aliphatic heterocycles. The summed E-state index contributed by atoms with van der Waals surface area (Å²) in [5.41, 5.74) is 0.922. The lowest BCUT2D eigenvalue weighted by atomic mass is 10.0. The maximum atomic E-state index is 13.2. The number of hydrogen-bond donors (Lipinski definition) is 1. The molecule has 1 atom stereocenters. The lowest BCUT2D eigenvalue weighted by molar-refractivity contribution is 0.138. The summed E-state index contributed by atoms with van der Waals surface area (Å²) in [7, 11) is 0. The molecule has 0 amide bonds. The molecule has 3 aromatic heterocycles. The largest absolute Gasteiger partial charge is 0.486 e. The fourth-order valence-electron chi connectivity index (χ4n) is 4.63. The number of tetrazole rings is 1. The molecule has 0 aliphatic carbocycles. The molecule has 190 valence electrons. The Morgan fingerprint density at radius 1 is 1.14 bits per heavy atom. The smallest absolute Gasteiger partial charge is 0.252 e. The predicted octanol–water partition coefficient (Wildman–Crippen LogP) is 4.18. The average Bonchev–Trinajstić information content (AvgIpc) is 3.54. The number of H-pyrrole nitrogens is 1. The topological polar surface area (TPSA) is 111 Å². The summed E-state index contributed by atoms with van der Waals surface area (Å²) >= 11 is 0. The van der Waals surface area contributed by atoms with Crippen LogP contribution < -0.4 is 15.0 Å². The van der Waals surface area contributed by atoms with Gasteiger partial charge in [0, 0.05) is 23.6 Å². The molecule has 0 saturated heterocycles. The second kappa shape index (κ2) is 9.77. The van der Waals surface area contributed by atoms with Crippen LogP contribution in [0.3, 0.4) is 0 Å². The van der Waals surface area contributed by atoms with Crippen LogP contribution in [0.25, 0.3) is 10.9 Å². The summed E-state index contributed by atoms with van der Waals surface area (Å²) in [5, 5.41) is 13.6. The first-order valence-corrected chi connectivity index (χ1v) is 12.3. The van der Waals surface area contributed by atoms with Crippen LogP contribution in [-0.2, 0) is 18.6 Å². The number of ether oxygens (including phenoxy) is 2. The monoisotopic (exact) mass is 492 g/mol. The zero-order chi connectivity index (χ0) is 25.3. The summed E-state index contributed by atoms with van der Waals surface area (Å²) in [6, 6.07) is 9.37. The number of furan rings is 1. The van der Waals surface area contributed by atoms with Gasteiger partial charge < -0.3 is 18.9 Å². The van der Waals surface area contributed by atoms with Crippen molar-refractivity contribution >= 4 is 10.9 Å². The number of benzene rings is 1. The molecule has 0 fully saturated rings. The molecule has 4 aromatic rings. The van der Waals surface area contributed by atoms with Crippen molar-refractivity contribution in [2.75, 3.05) is 13.2 Å². The van der Waals surface area contributed by atoms with Gasteiger partial charge in [-0.25, -0.2) is 4.68 Å². The minimum Gasteiger partial charge on any atom is -0.486 e. The van der Waals surface area contributed by atoms with Gasteiger partial charge >= 0.3 is 0 Å². The van der Waals surface area contributed by atoms with E-state index in [4.69, 9.17) is 13.9 Å². The molecule has 10 nitrogen and oxygen atoms in total. The van der Waals surface area contributed by atoms with E-state index in [-0.39, 0.29) is 17.1 Å². The number of nitrogens with zero attached hydrogens (tertiary/aromatic N) is 5. The highest BCUT2D eigenvalue weighted by molar-refractivity contribution is 5.83. The summed E-state index contributed by atoms with van der Waals surface area (Å²) in [4.78, 5) is 18.4. The summed E-state index contributed by atoms with van der Waals surface area (Å²) in [6.45, 7) is 10.3. The van der Waals surface area contributed by atoms with Crippen molar-refractivity contribution in [1.29, 1.82) is 0 Å². The normalized spacial score (nSPS) is 14.5. The van der Waals surface area contributed by atoms with Gasteiger partial charge in [0.25, 0.3) is 5.56 Å². The van der Waals surface area contributed by atoms with Crippen LogP contribution in [0, 0.1) is 0 Å². The Morgan fingerprint density at radius 3 is 2.61 bits per heavy atom. The predicted molar refractivity (Wildman–Crippen MR) is 134 cm³/mol. The number of hydrogen-bond acceptors (Lipinski definition) is 8. The van der Waals surface area contributed by atoms with E-state index in [9.17, 15) is 4.79 Å². The third-order valence-electron chi connectivity index (χ3n) is 6.33. The van der Waals surface area contributed by atoms with E-state index in [1.807, 2.05) is 35.0 Å². The number of aromatic nitrogens is 5. The Bertz CT molecular complexity index is 1390. The molecule has 1 aliphatic rings. The van der Waals surface area contributed by atoms with Crippen molar-refractivity contribution in [1.82, 2.24) is 30.1 Å². The zero-order valence-electron chi connectivity index (χ0n) is 21.2. The zero-order valence-corrected chi connectivity index (χ0v) is 21.2. The second-order valence-corrected chi connectivity index (χ2v) is 10.1. The summed E-state index contributed by atoms with van der Waals surface area (Å²) in [6.07, 6.45) is 3.41. The van der Waals surface area contributed by atoms with E-state index < -0.39 is 0 Å². The van der Waals surface area contributed by atoms with Gasteiger partial charge in [-0.15, -0.1) is 5.10 Å². The first-order valence-electron chi connectivity index (χ1n) is 12.3. The molecule has 4 heterocycles. The molecule has 0 saturated carbocycles. The number of nitrogens with one attached hydrogen (secondary N) is 1. The summed E-state index contributed by atoms with van der Waals surface area (Å²) in [5.74, 6) is 2.91. The van der Waals surface area contributed by atoms with Crippen LogP contribution >= 0.6 is 0 Å². The molecule has 1 N–H and O–H groups in total. The standard InChI is InChI=1S/C26H32N6O4/c1-5-7-21(24-28-29-30-32(24)26(2,3)4)31(16-19-8-6-9-34-19)15-18-12-17-13-22-23(36-11-10-35-22)14-20(17)27-25(18)33/h6,8-9,12-14,21H,5,7,10-11,15-16H2,1-4H3,(H,27,33)/t21-/m1/s1. The van der Waals surface area contributed by atoms with Crippen LogP contribution in [-0.4, -0.2) is 43.3 Å². The van der Waals surface area contributed by atoms with Crippen LogP contribution in [0.15, 0.2) is 45.8 Å². The van der Waals surface area contributed by atoms with Crippen molar-refractivity contribution in [3.05, 3.63) is 64.1 Å². The molecule has 0 bridgehead atoms. The van der Waals surface area contributed by atoms with Gasteiger partial charge in [0.05, 0.1) is 29.9 Å². The lowest BCUT2D eigenvalue weighted by Crippen LogP contribution is -2.35. The Kier molecular flexibility index (Phi) is 6.53. The van der Waals surface area contributed by atoms with Crippen molar-refractivity contribution < 1.29 is 13.9 Å². The fraction of sp³-hybridized carbons (Fsp3) is 0.462. The Labute approximate surface area is 209 Å². The van der Waals surface area contributed by atoms with Crippen LogP contribution in [0.4, 0.5) is 0 Å². The minimum absolute atomic E-state index is 0.121. The third-order valence-corrected chi connectivity index (χ3v) is 6.33. The van der Waals surface area contributed by atoms with Crippen molar-refractivity contribution in [3.63, 3.8) is 0 Å². The van der Waals surface area contributed by atoms with E-state index in [1.165, 1.54) is 0 Å². The third kappa shape index (κ3) is 4.86. The molecule has 0 unspecified atom stereocenters. The quantitative estimate of drug-likeness (QED) is 0.390. The van der Waals surface area contributed by atoms with Gasteiger partial charge in [0.2, 0.25) is 0 Å². The van der Waals surface area contributed by atoms with E-state index in [0.29, 0.717) is 48.9 Å². The molecule has 10 heteroatoms. The molecule has 5 rings (SSSR count). The first kappa shape index (κ1) is 24.1. The highest BCUT2D eigenvalue weighted by Crippen LogP contribution is 2.34. The van der Waals surface area contributed by atoms with Crippen LogP contribution in [0.5, 0.6) is 11.5 Å². The van der Waals surface area contributed by atoms with E-state index >= 15 is 0 Å². The van der Waals surface area contributed by atoms with Crippen molar-refractivity contribution in [3.8, 4) is 11.5 Å². The van der Waals surface area contributed by atoms with Gasteiger partial charge in [-0.2, -0.15) is 0 Å². The highest BCUT2D eigenvalue weighted by atomic mass is 16.6. The van der Waals surface area contributed by atoms with Crippen LogP contribution in [0.1, 0.15) is 63.7 Å². The minimum atomic E-state index is -0.289. The molecule has 1 aromatic carbocycles.